The van der Waals surface area contributed by atoms with Crippen molar-refractivity contribution in [1.82, 2.24) is 0 Å². The van der Waals surface area contributed by atoms with Gasteiger partial charge in [-0.2, -0.15) is 0 Å². The SMILES string of the molecule is C=CC(=O)OCCCCc1cccc(-c2ccc3c(c2)C(C)(C)c2cc(-c4cccc(C(=C)C)c4)ccc2-3)c1. The van der Waals surface area contributed by atoms with Crippen LogP contribution in [0.4, 0.5) is 0 Å². The number of fused-ring (bicyclic) bond motifs is 3. The van der Waals surface area contributed by atoms with E-state index in [9.17, 15) is 4.79 Å². The number of hydrogen-bond donors (Lipinski definition) is 0. The van der Waals surface area contributed by atoms with Crippen LogP contribution in [0.15, 0.2) is 104 Å². The molecule has 39 heavy (non-hydrogen) atoms. The van der Waals surface area contributed by atoms with Gasteiger partial charge < -0.3 is 4.74 Å². The summed E-state index contributed by atoms with van der Waals surface area (Å²) < 4.78 is 5.10. The fourth-order valence-corrected chi connectivity index (χ4v) is 5.63. The Morgan fingerprint density at radius 1 is 0.795 bits per heavy atom. The Morgan fingerprint density at radius 2 is 1.38 bits per heavy atom. The molecule has 0 amide bonds. The van der Waals surface area contributed by atoms with Gasteiger partial charge in [-0.3, -0.25) is 0 Å². The maximum absolute atomic E-state index is 11.2. The van der Waals surface area contributed by atoms with Crippen LogP contribution in [0.3, 0.4) is 0 Å². The Balaban J connectivity index is 1.38. The summed E-state index contributed by atoms with van der Waals surface area (Å²) >= 11 is 0. The van der Waals surface area contributed by atoms with E-state index in [1.54, 1.807) is 0 Å². The summed E-state index contributed by atoms with van der Waals surface area (Å²) in [4.78, 5) is 11.2. The largest absolute Gasteiger partial charge is 0.463 e. The first-order valence-corrected chi connectivity index (χ1v) is 13.7. The van der Waals surface area contributed by atoms with Crippen LogP contribution in [0.2, 0.25) is 0 Å². The number of rotatable bonds is 9. The van der Waals surface area contributed by atoms with Gasteiger partial charge in [-0.15, -0.1) is 0 Å². The third-order valence-electron chi connectivity index (χ3n) is 7.90. The second kappa shape index (κ2) is 10.9. The minimum Gasteiger partial charge on any atom is -0.463 e. The van der Waals surface area contributed by atoms with E-state index >= 15 is 0 Å². The Morgan fingerprint density at radius 3 is 2.00 bits per heavy atom. The van der Waals surface area contributed by atoms with E-state index in [2.05, 4.69) is 119 Å². The number of hydrogen-bond acceptors (Lipinski definition) is 2. The fraction of sp³-hybridized carbons (Fsp3) is 0.216. The molecule has 0 aromatic heterocycles. The fourth-order valence-electron chi connectivity index (χ4n) is 5.63. The zero-order valence-electron chi connectivity index (χ0n) is 23.2. The maximum atomic E-state index is 11.2. The predicted octanol–water partition coefficient (Wildman–Crippen LogP) is 9.41. The zero-order chi connectivity index (χ0) is 27.6. The number of benzene rings is 4. The van der Waals surface area contributed by atoms with Crippen LogP contribution in [0, 0.1) is 0 Å². The number of unbranched alkanes of at least 4 members (excludes halogenated alkanes) is 1. The molecule has 0 unspecified atom stereocenters. The number of esters is 1. The highest BCUT2D eigenvalue weighted by molar-refractivity contribution is 5.86. The van der Waals surface area contributed by atoms with Crippen molar-refractivity contribution in [3.05, 3.63) is 126 Å². The van der Waals surface area contributed by atoms with Crippen LogP contribution in [-0.2, 0) is 21.4 Å². The van der Waals surface area contributed by atoms with Crippen molar-refractivity contribution in [2.45, 2.75) is 45.4 Å². The molecule has 0 saturated heterocycles. The molecule has 1 aliphatic carbocycles. The van der Waals surface area contributed by atoms with Gasteiger partial charge in [-0.25, -0.2) is 4.79 Å². The van der Waals surface area contributed by atoms with E-state index in [1.165, 1.54) is 61.7 Å². The molecule has 0 saturated carbocycles. The zero-order valence-corrected chi connectivity index (χ0v) is 23.2. The number of ether oxygens (including phenoxy) is 1. The first kappa shape index (κ1) is 26.4. The van der Waals surface area contributed by atoms with Crippen LogP contribution >= 0.6 is 0 Å². The van der Waals surface area contributed by atoms with Gasteiger partial charge in [0.15, 0.2) is 0 Å². The number of aryl methyl sites for hydroxylation is 1. The van der Waals surface area contributed by atoms with Crippen molar-refractivity contribution in [2.75, 3.05) is 6.61 Å². The molecule has 196 valence electrons. The van der Waals surface area contributed by atoms with Crippen LogP contribution in [-0.4, -0.2) is 12.6 Å². The molecule has 0 bridgehead atoms. The van der Waals surface area contributed by atoms with Gasteiger partial charge in [-0.1, -0.05) is 99.3 Å². The van der Waals surface area contributed by atoms with E-state index < -0.39 is 0 Å². The average Bonchev–Trinajstić information content (AvgIpc) is 3.18. The normalized spacial score (nSPS) is 12.9. The summed E-state index contributed by atoms with van der Waals surface area (Å²) in [7, 11) is 0. The third kappa shape index (κ3) is 5.38. The van der Waals surface area contributed by atoms with E-state index in [0.717, 1.165) is 24.8 Å². The monoisotopic (exact) mass is 512 g/mol. The van der Waals surface area contributed by atoms with E-state index in [1.807, 2.05) is 0 Å². The molecule has 4 aromatic carbocycles. The second-order valence-electron chi connectivity index (χ2n) is 11.0. The van der Waals surface area contributed by atoms with E-state index in [-0.39, 0.29) is 11.4 Å². The van der Waals surface area contributed by atoms with E-state index in [4.69, 9.17) is 4.74 Å². The minimum atomic E-state index is -0.355. The summed E-state index contributed by atoms with van der Waals surface area (Å²) in [5.41, 5.74) is 13.8. The van der Waals surface area contributed by atoms with Crippen molar-refractivity contribution in [3.63, 3.8) is 0 Å². The van der Waals surface area contributed by atoms with Gasteiger partial charge in [0.25, 0.3) is 0 Å². The highest BCUT2D eigenvalue weighted by atomic mass is 16.5. The number of carbonyl (C=O) groups excluding carboxylic acids is 1. The molecule has 2 nitrogen and oxygen atoms in total. The molecule has 0 heterocycles. The lowest BCUT2D eigenvalue weighted by atomic mass is 9.80. The predicted molar refractivity (Wildman–Crippen MR) is 164 cm³/mol. The van der Waals surface area contributed by atoms with Crippen molar-refractivity contribution in [2.24, 2.45) is 0 Å². The van der Waals surface area contributed by atoms with E-state index in [0.29, 0.717) is 6.61 Å². The third-order valence-corrected chi connectivity index (χ3v) is 7.90. The molecular weight excluding hydrogens is 476 g/mol. The molecule has 4 aromatic rings. The maximum Gasteiger partial charge on any atom is 0.330 e. The number of allylic oxidation sites excluding steroid dienone is 1. The minimum absolute atomic E-state index is 0.0941. The quantitative estimate of drug-likeness (QED) is 0.127. The summed E-state index contributed by atoms with van der Waals surface area (Å²) in [5, 5.41) is 0. The van der Waals surface area contributed by atoms with Gasteiger partial charge in [0.05, 0.1) is 6.61 Å². The molecule has 1 aliphatic rings. The van der Waals surface area contributed by atoms with Gasteiger partial charge in [0.1, 0.15) is 0 Å². The molecule has 0 N–H and O–H groups in total. The Kier molecular flexibility index (Phi) is 7.39. The lowest BCUT2D eigenvalue weighted by Crippen LogP contribution is -2.15. The molecule has 0 atom stereocenters. The lowest BCUT2D eigenvalue weighted by Gasteiger charge is -2.23. The van der Waals surface area contributed by atoms with Gasteiger partial charge >= 0.3 is 5.97 Å². The van der Waals surface area contributed by atoms with Crippen LogP contribution < -0.4 is 0 Å². The molecular formula is C37H36O2. The van der Waals surface area contributed by atoms with Crippen molar-refractivity contribution < 1.29 is 9.53 Å². The molecule has 5 rings (SSSR count). The Bertz CT molecular complexity index is 1570. The smallest absolute Gasteiger partial charge is 0.330 e. The second-order valence-corrected chi connectivity index (χ2v) is 11.0. The summed E-state index contributed by atoms with van der Waals surface area (Å²) in [6.07, 6.45) is 3.98. The molecule has 0 spiro atoms. The number of carbonyl (C=O) groups is 1. The topological polar surface area (TPSA) is 26.3 Å². The highest BCUT2D eigenvalue weighted by Gasteiger charge is 2.35. The van der Waals surface area contributed by atoms with Gasteiger partial charge in [-0.05, 0) is 100 Å². The Labute approximate surface area is 232 Å². The first-order valence-electron chi connectivity index (χ1n) is 13.7. The average molecular weight is 513 g/mol. The van der Waals surface area contributed by atoms with Crippen molar-refractivity contribution in [3.8, 4) is 33.4 Å². The summed E-state index contributed by atoms with van der Waals surface area (Å²) in [5.74, 6) is -0.355. The molecule has 0 fully saturated rings. The van der Waals surface area contributed by atoms with Crippen LogP contribution in [0.1, 0.15) is 55.9 Å². The van der Waals surface area contributed by atoms with Gasteiger partial charge in [0, 0.05) is 11.5 Å². The highest BCUT2D eigenvalue weighted by Crippen LogP contribution is 2.50. The van der Waals surface area contributed by atoms with Crippen LogP contribution in [0.25, 0.3) is 39.0 Å². The molecule has 2 heteroatoms. The molecule has 0 radical (unpaired) electrons. The van der Waals surface area contributed by atoms with Crippen molar-refractivity contribution in [1.29, 1.82) is 0 Å². The summed E-state index contributed by atoms with van der Waals surface area (Å²) in [6.45, 7) is 14.7. The standard InChI is InChI=1S/C37H36O2/c1-6-36(38)39-20-8-7-11-26-12-9-14-28(21-26)30-16-18-32-33-19-17-31(24-35(33)37(4,5)34(32)23-30)29-15-10-13-27(22-29)25(2)3/h6,9-10,12-19,21-24H,1-2,7-8,11,20H2,3-5H3. The Hall–Kier alpha value is -4.17. The molecule has 0 aliphatic heterocycles. The first-order chi connectivity index (χ1) is 18.8. The van der Waals surface area contributed by atoms with Crippen molar-refractivity contribution >= 4 is 11.5 Å². The summed E-state index contributed by atoms with van der Waals surface area (Å²) in [6, 6.07) is 31.3. The van der Waals surface area contributed by atoms with Crippen LogP contribution in [0.5, 0.6) is 0 Å². The lowest BCUT2D eigenvalue weighted by molar-refractivity contribution is -0.137. The van der Waals surface area contributed by atoms with Gasteiger partial charge in [0.2, 0.25) is 0 Å².